The van der Waals surface area contributed by atoms with Crippen LogP contribution in [0.2, 0.25) is 0 Å². The SMILES string of the molecule is COc1ccc(N(C)c2sc([C@@H](C)O)cc2[N+](=O)[O-])cc1. The Morgan fingerprint density at radius 1 is 1.38 bits per heavy atom. The zero-order valence-corrected chi connectivity index (χ0v) is 12.8. The van der Waals surface area contributed by atoms with Gasteiger partial charge in [-0.25, -0.2) is 0 Å². The Balaban J connectivity index is 2.41. The van der Waals surface area contributed by atoms with E-state index in [1.165, 1.54) is 17.4 Å². The summed E-state index contributed by atoms with van der Waals surface area (Å²) in [4.78, 5) is 13.0. The molecule has 0 spiro atoms. The molecular weight excluding hydrogens is 292 g/mol. The second kappa shape index (κ2) is 6.11. The lowest BCUT2D eigenvalue weighted by atomic mass is 10.2. The average molecular weight is 308 g/mol. The highest BCUT2D eigenvalue weighted by molar-refractivity contribution is 7.16. The molecule has 2 aromatic rings. The van der Waals surface area contributed by atoms with E-state index in [1.807, 2.05) is 12.1 Å². The number of hydrogen-bond acceptors (Lipinski definition) is 6. The van der Waals surface area contributed by atoms with E-state index in [-0.39, 0.29) is 5.69 Å². The van der Waals surface area contributed by atoms with Gasteiger partial charge in [-0.2, -0.15) is 0 Å². The summed E-state index contributed by atoms with van der Waals surface area (Å²) in [7, 11) is 3.34. The van der Waals surface area contributed by atoms with Gasteiger partial charge in [-0.15, -0.1) is 11.3 Å². The number of anilines is 2. The van der Waals surface area contributed by atoms with Gasteiger partial charge < -0.3 is 14.7 Å². The van der Waals surface area contributed by atoms with Crippen molar-refractivity contribution in [1.29, 1.82) is 0 Å². The summed E-state index contributed by atoms with van der Waals surface area (Å²) < 4.78 is 5.09. The van der Waals surface area contributed by atoms with E-state index in [0.29, 0.717) is 9.88 Å². The Morgan fingerprint density at radius 3 is 2.48 bits per heavy atom. The summed E-state index contributed by atoms with van der Waals surface area (Å²) >= 11 is 1.21. The number of nitrogens with zero attached hydrogens (tertiary/aromatic N) is 2. The van der Waals surface area contributed by atoms with Gasteiger partial charge in [0.15, 0.2) is 5.00 Å². The summed E-state index contributed by atoms with van der Waals surface area (Å²) in [6, 6.07) is 8.65. The first-order chi connectivity index (χ1) is 9.93. The molecule has 112 valence electrons. The molecule has 0 aliphatic carbocycles. The zero-order chi connectivity index (χ0) is 15.6. The highest BCUT2D eigenvalue weighted by atomic mass is 32.1. The van der Waals surface area contributed by atoms with Gasteiger partial charge in [0.25, 0.3) is 0 Å². The number of thiophene rings is 1. The van der Waals surface area contributed by atoms with E-state index in [0.717, 1.165) is 11.4 Å². The summed E-state index contributed by atoms with van der Waals surface area (Å²) in [6.07, 6.45) is -0.730. The van der Waals surface area contributed by atoms with Crippen molar-refractivity contribution in [2.45, 2.75) is 13.0 Å². The molecular formula is C14H16N2O4S. The third-order valence-electron chi connectivity index (χ3n) is 3.09. The van der Waals surface area contributed by atoms with E-state index in [2.05, 4.69) is 0 Å². The van der Waals surface area contributed by atoms with E-state index in [9.17, 15) is 15.2 Å². The molecule has 0 bridgehead atoms. The molecule has 7 heteroatoms. The lowest BCUT2D eigenvalue weighted by molar-refractivity contribution is -0.383. The molecule has 0 aliphatic rings. The van der Waals surface area contributed by atoms with Gasteiger partial charge in [0.2, 0.25) is 0 Å². The summed E-state index contributed by atoms with van der Waals surface area (Å²) in [5, 5.41) is 21.3. The fourth-order valence-corrected chi connectivity index (χ4v) is 2.93. The standard InChI is InChI=1S/C14H16N2O4S/c1-9(17)13-8-12(16(18)19)14(21-13)15(2)10-4-6-11(20-3)7-5-10/h4-9,17H,1-3H3/t9-/m1/s1. The topological polar surface area (TPSA) is 75.8 Å². The minimum Gasteiger partial charge on any atom is -0.497 e. The largest absolute Gasteiger partial charge is 0.497 e. The predicted octanol–water partition coefficient (Wildman–Crippen LogP) is 3.49. The maximum Gasteiger partial charge on any atom is 0.304 e. The minimum absolute atomic E-state index is 0.00535. The average Bonchev–Trinajstić information content (AvgIpc) is 2.92. The summed E-state index contributed by atoms with van der Waals surface area (Å²) in [5.41, 5.74) is 0.798. The third-order valence-corrected chi connectivity index (χ3v) is 4.46. The smallest absolute Gasteiger partial charge is 0.304 e. The van der Waals surface area contributed by atoms with Crippen molar-refractivity contribution in [3.63, 3.8) is 0 Å². The van der Waals surface area contributed by atoms with Gasteiger partial charge in [0.05, 0.1) is 18.1 Å². The molecule has 1 aromatic carbocycles. The van der Waals surface area contributed by atoms with Crippen molar-refractivity contribution < 1.29 is 14.8 Å². The van der Waals surface area contributed by atoms with Crippen LogP contribution in [0.3, 0.4) is 0 Å². The molecule has 1 atom stereocenters. The zero-order valence-electron chi connectivity index (χ0n) is 11.9. The lowest BCUT2D eigenvalue weighted by Crippen LogP contribution is -2.09. The van der Waals surface area contributed by atoms with Gasteiger partial charge in [-0.1, -0.05) is 0 Å². The van der Waals surface area contributed by atoms with Crippen molar-refractivity contribution in [3.05, 3.63) is 45.3 Å². The molecule has 0 saturated heterocycles. The number of rotatable bonds is 5. The monoisotopic (exact) mass is 308 g/mol. The number of aliphatic hydroxyl groups excluding tert-OH is 1. The molecule has 1 N–H and O–H groups in total. The molecule has 0 saturated carbocycles. The Labute approximate surface area is 126 Å². The van der Waals surface area contributed by atoms with Crippen molar-refractivity contribution in [2.75, 3.05) is 19.1 Å². The number of nitro groups is 1. The van der Waals surface area contributed by atoms with Crippen LogP contribution in [-0.4, -0.2) is 24.2 Å². The maximum absolute atomic E-state index is 11.2. The molecule has 1 aromatic heterocycles. The van der Waals surface area contributed by atoms with Crippen LogP contribution in [0.5, 0.6) is 5.75 Å². The van der Waals surface area contributed by atoms with Crippen LogP contribution in [0, 0.1) is 10.1 Å². The molecule has 0 unspecified atom stereocenters. The van der Waals surface area contributed by atoms with Crippen molar-refractivity contribution in [2.24, 2.45) is 0 Å². The van der Waals surface area contributed by atoms with E-state index < -0.39 is 11.0 Å². The highest BCUT2D eigenvalue weighted by Crippen LogP contribution is 2.42. The van der Waals surface area contributed by atoms with Crippen LogP contribution in [-0.2, 0) is 0 Å². The van der Waals surface area contributed by atoms with Crippen LogP contribution >= 0.6 is 11.3 Å². The van der Waals surface area contributed by atoms with Crippen molar-refractivity contribution >= 4 is 27.7 Å². The predicted molar refractivity (Wildman–Crippen MR) is 82.7 cm³/mol. The fourth-order valence-electron chi connectivity index (χ4n) is 1.89. The van der Waals surface area contributed by atoms with Crippen LogP contribution in [0.4, 0.5) is 16.4 Å². The van der Waals surface area contributed by atoms with Crippen LogP contribution in [0.1, 0.15) is 17.9 Å². The van der Waals surface area contributed by atoms with Crippen molar-refractivity contribution in [1.82, 2.24) is 0 Å². The second-order valence-electron chi connectivity index (χ2n) is 4.53. The number of ether oxygens (including phenoxy) is 1. The normalized spacial score (nSPS) is 12.0. The van der Waals surface area contributed by atoms with Gasteiger partial charge in [-0.05, 0) is 31.2 Å². The first-order valence-electron chi connectivity index (χ1n) is 6.28. The lowest BCUT2D eigenvalue weighted by Gasteiger charge is -2.17. The molecule has 0 fully saturated rings. The van der Waals surface area contributed by atoms with Gasteiger partial charge in [0.1, 0.15) is 5.75 Å². The van der Waals surface area contributed by atoms with Crippen molar-refractivity contribution in [3.8, 4) is 5.75 Å². The Morgan fingerprint density at radius 2 is 2.00 bits per heavy atom. The van der Waals surface area contributed by atoms with E-state index >= 15 is 0 Å². The molecule has 21 heavy (non-hydrogen) atoms. The van der Waals surface area contributed by atoms with Gasteiger partial charge in [-0.3, -0.25) is 10.1 Å². The maximum atomic E-state index is 11.2. The molecule has 6 nitrogen and oxygen atoms in total. The Hall–Kier alpha value is -2.12. The Bertz CT molecular complexity index is 637. The molecule has 2 rings (SSSR count). The summed E-state index contributed by atoms with van der Waals surface area (Å²) in [5.74, 6) is 0.720. The number of methoxy groups -OCH3 is 1. The fraction of sp³-hybridized carbons (Fsp3) is 0.286. The number of hydrogen-bond donors (Lipinski definition) is 1. The van der Waals surface area contributed by atoms with Crippen LogP contribution in [0.15, 0.2) is 30.3 Å². The minimum atomic E-state index is -0.730. The molecule has 0 aliphatic heterocycles. The van der Waals surface area contributed by atoms with Gasteiger partial charge in [0, 0.05) is 23.7 Å². The Kier molecular flexibility index (Phi) is 4.44. The third kappa shape index (κ3) is 3.14. The van der Waals surface area contributed by atoms with E-state index in [4.69, 9.17) is 4.74 Å². The van der Waals surface area contributed by atoms with Gasteiger partial charge >= 0.3 is 5.69 Å². The molecule has 0 amide bonds. The summed E-state index contributed by atoms with van der Waals surface area (Å²) in [6.45, 7) is 1.59. The van der Waals surface area contributed by atoms with Crippen LogP contribution in [0.25, 0.3) is 0 Å². The number of benzene rings is 1. The van der Waals surface area contributed by atoms with E-state index in [1.54, 1.807) is 38.1 Å². The molecule has 1 heterocycles. The molecule has 0 radical (unpaired) electrons. The highest BCUT2D eigenvalue weighted by Gasteiger charge is 2.24. The number of aliphatic hydroxyl groups is 1. The first kappa shape index (κ1) is 15.3. The second-order valence-corrected chi connectivity index (χ2v) is 5.59. The van der Waals surface area contributed by atoms with Crippen LogP contribution < -0.4 is 9.64 Å². The first-order valence-corrected chi connectivity index (χ1v) is 7.09. The quantitative estimate of drug-likeness (QED) is 0.676.